The Hall–Kier alpha value is -6.84. The molecule has 51 heavy (non-hydrogen) atoms. The van der Waals surface area contributed by atoms with Crippen LogP contribution in [0.2, 0.25) is 0 Å². The fourth-order valence-electron chi connectivity index (χ4n) is 7.46. The summed E-state index contributed by atoms with van der Waals surface area (Å²) in [6.07, 6.45) is 0. The van der Waals surface area contributed by atoms with Crippen molar-refractivity contribution in [2.45, 2.75) is 0 Å². The Kier molecular flexibility index (Phi) is 6.81. The largest absolute Gasteiger partial charge is 0.309 e. The summed E-state index contributed by atoms with van der Waals surface area (Å²) in [6.45, 7) is 0. The molecule has 2 heterocycles. The van der Waals surface area contributed by atoms with Gasteiger partial charge >= 0.3 is 0 Å². The molecule has 0 bridgehead atoms. The van der Waals surface area contributed by atoms with Crippen LogP contribution in [0.3, 0.4) is 0 Å². The van der Waals surface area contributed by atoms with E-state index in [1.165, 1.54) is 43.4 Å². The van der Waals surface area contributed by atoms with Crippen molar-refractivity contribution < 1.29 is 0 Å². The van der Waals surface area contributed by atoms with Crippen molar-refractivity contribution in [3.63, 3.8) is 0 Å². The summed E-state index contributed by atoms with van der Waals surface area (Å²) in [4.78, 5) is 10.4. The lowest BCUT2D eigenvalue weighted by molar-refractivity contribution is 1.17. The van der Waals surface area contributed by atoms with Crippen molar-refractivity contribution in [3.8, 4) is 50.7 Å². The second kappa shape index (κ2) is 11.9. The normalized spacial score (nSPS) is 11.5. The highest BCUT2D eigenvalue weighted by molar-refractivity contribution is 6.17. The minimum Gasteiger partial charge on any atom is -0.309 e. The van der Waals surface area contributed by atoms with Crippen molar-refractivity contribution in [1.82, 2.24) is 14.5 Å². The summed E-state index contributed by atoms with van der Waals surface area (Å²) in [6, 6.07) is 66.9. The van der Waals surface area contributed by atoms with E-state index in [9.17, 15) is 0 Å². The Labute approximate surface area is 295 Å². The number of aromatic nitrogens is 3. The molecule has 10 aromatic rings. The van der Waals surface area contributed by atoms with Gasteiger partial charge in [-0.3, -0.25) is 0 Å². The smallest absolute Gasteiger partial charge is 0.160 e. The van der Waals surface area contributed by atoms with Gasteiger partial charge in [0.25, 0.3) is 0 Å². The third-order valence-electron chi connectivity index (χ3n) is 9.95. The first-order valence-electron chi connectivity index (χ1n) is 17.3. The Morgan fingerprint density at radius 2 is 0.765 bits per heavy atom. The fraction of sp³-hybridized carbons (Fsp3) is 0. The highest BCUT2D eigenvalue weighted by Gasteiger charge is 2.19. The molecule has 0 fully saturated rings. The average molecular weight is 650 g/mol. The van der Waals surface area contributed by atoms with Crippen molar-refractivity contribution >= 4 is 43.4 Å². The number of hydrogen-bond acceptors (Lipinski definition) is 2. The molecule has 0 aliphatic rings. The number of nitrogens with zero attached hydrogens (tertiary/aromatic N) is 3. The highest BCUT2D eigenvalue weighted by atomic mass is 15.0. The first kappa shape index (κ1) is 29.1. The summed E-state index contributed by atoms with van der Waals surface area (Å²) in [7, 11) is 0. The Bertz CT molecular complexity index is 2740. The molecule has 0 radical (unpaired) electrons. The highest BCUT2D eigenvalue weighted by Crippen LogP contribution is 2.41. The SMILES string of the molecule is c1ccc(-c2cc(-c3ccccc3)nc(-c3ccc(-n4c5cc6ccccc6cc5c5cc6ccccc6cc54)c(-c4ccccc4)c3)n2)cc1. The van der Waals surface area contributed by atoms with Crippen LogP contribution >= 0.6 is 0 Å². The molecular weight excluding hydrogens is 619 g/mol. The van der Waals surface area contributed by atoms with Gasteiger partial charge in [0, 0.05) is 33.0 Å². The number of benzene rings is 8. The van der Waals surface area contributed by atoms with E-state index in [2.05, 4.69) is 180 Å². The van der Waals surface area contributed by atoms with Crippen LogP contribution in [0.4, 0.5) is 0 Å². The van der Waals surface area contributed by atoms with Crippen LogP contribution < -0.4 is 0 Å². The Morgan fingerprint density at radius 1 is 0.333 bits per heavy atom. The minimum absolute atomic E-state index is 0.693. The van der Waals surface area contributed by atoms with Crippen LogP contribution in [0.15, 0.2) is 188 Å². The standard InChI is InChI=1S/C48H31N3/c1-4-14-32(15-5-1)40-28-39(48-49-43(33-16-6-2-7-17-33)31-44(50-48)34-18-8-3-9-19-34)24-25-45(40)51-46-29-37-22-12-10-20-35(37)26-41(46)42-27-36-21-11-13-23-38(36)30-47(42)51/h1-31H. The molecule has 8 aromatic carbocycles. The summed E-state index contributed by atoms with van der Waals surface area (Å²) in [5.41, 5.74) is 10.6. The zero-order chi connectivity index (χ0) is 33.7. The second-order valence-electron chi connectivity index (χ2n) is 13.1. The maximum Gasteiger partial charge on any atom is 0.160 e. The molecule has 238 valence electrons. The molecule has 0 saturated carbocycles. The van der Waals surface area contributed by atoms with Gasteiger partial charge in [0.2, 0.25) is 0 Å². The molecule has 2 aromatic heterocycles. The first-order chi connectivity index (χ1) is 25.3. The molecule has 0 atom stereocenters. The van der Waals surface area contributed by atoms with Gasteiger partial charge in [0.1, 0.15) is 0 Å². The lowest BCUT2D eigenvalue weighted by Crippen LogP contribution is -2.00. The zero-order valence-corrected chi connectivity index (χ0v) is 27.7. The summed E-state index contributed by atoms with van der Waals surface area (Å²) < 4.78 is 2.45. The molecule has 0 aliphatic carbocycles. The van der Waals surface area contributed by atoms with E-state index in [1.54, 1.807) is 0 Å². The molecular formula is C48H31N3. The number of fused-ring (bicyclic) bond motifs is 5. The van der Waals surface area contributed by atoms with Crippen LogP contribution in [0, 0.1) is 0 Å². The second-order valence-corrected chi connectivity index (χ2v) is 13.1. The maximum absolute atomic E-state index is 5.18. The van der Waals surface area contributed by atoms with E-state index >= 15 is 0 Å². The van der Waals surface area contributed by atoms with E-state index in [0.29, 0.717) is 5.82 Å². The molecule has 10 rings (SSSR count). The Balaban J connectivity index is 1.26. The van der Waals surface area contributed by atoms with Gasteiger partial charge in [0.15, 0.2) is 5.82 Å². The molecule has 0 aliphatic heterocycles. The molecule has 0 amide bonds. The van der Waals surface area contributed by atoms with E-state index in [4.69, 9.17) is 9.97 Å². The van der Waals surface area contributed by atoms with E-state index in [-0.39, 0.29) is 0 Å². The summed E-state index contributed by atoms with van der Waals surface area (Å²) >= 11 is 0. The van der Waals surface area contributed by atoms with Crippen molar-refractivity contribution in [2.75, 3.05) is 0 Å². The van der Waals surface area contributed by atoms with Crippen molar-refractivity contribution in [1.29, 1.82) is 0 Å². The predicted molar refractivity (Wildman–Crippen MR) is 213 cm³/mol. The quantitative estimate of drug-likeness (QED) is 0.186. The summed E-state index contributed by atoms with van der Waals surface area (Å²) in [5, 5.41) is 7.39. The van der Waals surface area contributed by atoms with Gasteiger partial charge in [0.05, 0.1) is 28.1 Å². The monoisotopic (exact) mass is 649 g/mol. The van der Waals surface area contributed by atoms with E-state index < -0.39 is 0 Å². The van der Waals surface area contributed by atoms with Crippen LogP contribution in [0.1, 0.15) is 0 Å². The molecule has 0 N–H and O–H groups in total. The van der Waals surface area contributed by atoms with Crippen LogP contribution in [-0.4, -0.2) is 14.5 Å². The van der Waals surface area contributed by atoms with Gasteiger partial charge < -0.3 is 4.57 Å². The molecule has 3 heteroatoms. The van der Waals surface area contributed by atoms with Crippen LogP contribution in [-0.2, 0) is 0 Å². The van der Waals surface area contributed by atoms with Crippen LogP contribution in [0.5, 0.6) is 0 Å². The molecule has 0 spiro atoms. The molecule has 3 nitrogen and oxygen atoms in total. The topological polar surface area (TPSA) is 30.7 Å². The van der Waals surface area contributed by atoms with E-state index in [1.807, 2.05) is 12.1 Å². The van der Waals surface area contributed by atoms with Gasteiger partial charge in [-0.15, -0.1) is 0 Å². The summed E-state index contributed by atoms with van der Waals surface area (Å²) in [5.74, 6) is 0.693. The zero-order valence-electron chi connectivity index (χ0n) is 27.7. The Morgan fingerprint density at radius 3 is 1.25 bits per heavy atom. The maximum atomic E-state index is 5.18. The van der Waals surface area contributed by atoms with Crippen LogP contribution in [0.25, 0.3) is 94.1 Å². The van der Waals surface area contributed by atoms with Crippen molar-refractivity contribution in [3.05, 3.63) is 188 Å². The van der Waals surface area contributed by atoms with Gasteiger partial charge in [-0.1, -0.05) is 140 Å². The molecule has 0 saturated heterocycles. The molecule has 0 unspecified atom stereocenters. The van der Waals surface area contributed by atoms with Gasteiger partial charge in [-0.25, -0.2) is 9.97 Å². The first-order valence-corrected chi connectivity index (χ1v) is 17.3. The number of hydrogen-bond donors (Lipinski definition) is 0. The lowest BCUT2D eigenvalue weighted by atomic mass is 9.99. The third kappa shape index (κ3) is 5.06. The number of rotatable bonds is 5. The average Bonchev–Trinajstić information content (AvgIpc) is 3.51. The lowest BCUT2D eigenvalue weighted by Gasteiger charge is -2.17. The minimum atomic E-state index is 0.693. The van der Waals surface area contributed by atoms with Gasteiger partial charge in [-0.05, 0) is 75.6 Å². The predicted octanol–water partition coefficient (Wildman–Crippen LogP) is 12.5. The fourth-order valence-corrected chi connectivity index (χ4v) is 7.46. The van der Waals surface area contributed by atoms with Gasteiger partial charge in [-0.2, -0.15) is 0 Å². The van der Waals surface area contributed by atoms with E-state index in [0.717, 1.165) is 44.9 Å². The third-order valence-corrected chi connectivity index (χ3v) is 9.95. The van der Waals surface area contributed by atoms with Crippen molar-refractivity contribution in [2.24, 2.45) is 0 Å².